The van der Waals surface area contributed by atoms with E-state index in [1.165, 1.54) is 11.3 Å². The molecular weight excluding hydrogens is 416 g/mol. The van der Waals surface area contributed by atoms with Gasteiger partial charge in [0.15, 0.2) is 17.5 Å². The van der Waals surface area contributed by atoms with Crippen molar-refractivity contribution in [2.24, 2.45) is 0 Å². The predicted molar refractivity (Wildman–Crippen MR) is 73.7 cm³/mol. The molecule has 0 amide bonds. The van der Waals surface area contributed by atoms with E-state index in [0.717, 1.165) is 20.4 Å². The number of benzene rings is 1. The summed E-state index contributed by atoms with van der Waals surface area (Å²) in [5, 5.41) is -0.734. The van der Waals surface area contributed by atoms with Crippen molar-refractivity contribution >= 4 is 54.8 Å². The molecule has 0 N–H and O–H groups in total. The van der Waals surface area contributed by atoms with Crippen LogP contribution in [0.15, 0.2) is 26.5 Å². The van der Waals surface area contributed by atoms with Crippen LogP contribution in [0.25, 0.3) is 0 Å². The number of thiophene rings is 1. The summed E-state index contributed by atoms with van der Waals surface area (Å²) in [6.07, 6.45) is 0. The normalized spacial score (nSPS) is 12.8. The molecule has 1 unspecified atom stereocenters. The van der Waals surface area contributed by atoms with Crippen molar-refractivity contribution in [3.05, 3.63) is 54.4 Å². The zero-order chi connectivity index (χ0) is 13.4. The van der Waals surface area contributed by atoms with Gasteiger partial charge in [0.2, 0.25) is 0 Å². The second-order valence-electron chi connectivity index (χ2n) is 3.43. The molecule has 1 aromatic carbocycles. The first kappa shape index (κ1) is 14.4. The number of halogens is 6. The minimum Gasteiger partial charge on any atom is -0.204 e. The molecule has 0 spiro atoms. The highest BCUT2D eigenvalue weighted by Gasteiger charge is 2.19. The molecule has 2 aromatic rings. The zero-order valence-corrected chi connectivity index (χ0v) is 13.2. The Kier molecular flexibility index (Phi) is 4.41. The highest BCUT2D eigenvalue weighted by Crippen LogP contribution is 2.40. The molecule has 1 heterocycles. The first-order chi connectivity index (χ1) is 8.40. The van der Waals surface area contributed by atoms with Gasteiger partial charge in [-0.15, -0.1) is 22.9 Å². The van der Waals surface area contributed by atoms with E-state index in [9.17, 15) is 13.2 Å². The van der Waals surface area contributed by atoms with E-state index in [-0.39, 0.29) is 5.56 Å². The Bertz CT molecular complexity index is 557. The van der Waals surface area contributed by atoms with Crippen molar-refractivity contribution in [1.82, 2.24) is 0 Å². The fraction of sp³-hybridized carbons (Fsp3) is 0.0909. The van der Waals surface area contributed by atoms with Gasteiger partial charge in [-0.3, -0.25) is 0 Å². The highest BCUT2D eigenvalue weighted by atomic mass is 79.9. The molecule has 1 atom stereocenters. The summed E-state index contributed by atoms with van der Waals surface area (Å²) in [5.41, 5.74) is 0.175. The summed E-state index contributed by atoms with van der Waals surface area (Å²) >= 11 is 14.1. The molecule has 0 aliphatic carbocycles. The fourth-order valence-electron chi connectivity index (χ4n) is 1.37. The molecule has 0 saturated heterocycles. The Hall–Kier alpha value is -0.0400. The van der Waals surface area contributed by atoms with Crippen LogP contribution in [0, 0.1) is 17.5 Å². The second-order valence-corrected chi connectivity index (χ2v) is 7.12. The monoisotopic (exact) mass is 418 g/mol. The second kappa shape index (κ2) is 5.53. The van der Waals surface area contributed by atoms with Crippen molar-refractivity contribution in [3.63, 3.8) is 0 Å². The Morgan fingerprint density at radius 2 is 1.61 bits per heavy atom. The maximum Gasteiger partial charge on any atom is 0.194 e. The van der Waals surface area contributed by atoms with Crippen molar-refractivity contribution in [3.8, 4) is 0 Å². The first-order valence-electron chi connectivity index (χ1n) is 4.63. The van der Waals surface area contributed by atoms with E-state index in [4.69, 9.17) is 11.6 Å². The third kappa shape index (κ3) is 2.76. The van der Waals surface area contributed by atoms with E-state index in [2.05, 4.69) is 31.9 Å². The molecule has 0 saturated carbocycles. The molecule has 0 aliphatic heterocycles. The lowest BCUT2D eigenvalue weighted by Crippen LogP contribution is -1.97. The SMILES string of the molecule is Fc1cc(C(Cl)c2cc(Br)c(Br)s2)cc(F)c1F. The topological polar surface area (TPSA) is 0 Å². The smallest absolute Gasteiger partial charge is 0.194 e. The summed E-state index contributed by atoms with van der Waals surface area (Å²) in [7, 11) is 0. The lowest BCUT2D eigenvalue weighted by molar-refractivity contribution is 0.445. The standard InChI is InChI=1S/C11H4Br2ClF3S/c12-5-3-8(18-11(5)13)9(14)4-1-6(15)10(17)7(16)2-4/h1-3,9H. The molecule has 0 fully saturated rings. The maximum absolute atomic E-state index is 13.1. The largest absolute Gasteiger partial charge is 0.204 e. The van der Waals surface area contributed by atoms with Gasteiger partial charge in [-0.25, -0.2) is 13.2 Å². The van der Waals surface area contributed by atoms with E-state index >= 15 is 0 Å². The van der Waals surface area contributed by atoms with Crippen molar-refractivity contribution < 1.29 is 13.2 Å². The van der Waals surface area contributed by atoms with Crippen LogP contribution in [0.4, 0.5) is 13.2 Å². The molecule has 0 bridgehead atoms. The lowest BCUT2D eigenvalue weighted by atomic mass is 10.1. The van der Waals surface area contributed by atoms with Crippen molar-refractivity contribution in [2.45, 2.75) is 5.38 Å². The molecule has 0 aliphatic rings. The Morgan fingerprint density at radius 3 is 2.06 bits per heavy atom. The average molecular weight is 420 g/mol. The number of hydrogen-bond acceptors (Lipinski definition) is 1. The van der Waals surface area contributed by atoms with E-state index in [1.807, 2.05) is 0 Å². The van der Waals surface area contributed by atoms with Gasteiger partial charge in [-0.05, 0) is 55.6 Å². The average Bonchev–Trinajstić information content (AvgIpc) is 2.65. The van der Waals surface area contributed by atoms with Crippen LogP contribution in [-0.2, 0) is 0 Å². The molecule has 2 rings (SSSR count). The lowest BCUT2D eigenvalue weighted by Gasteiger charge is -2.08. The molecule has 7 heteroatoms. The van der Waals surface area contributed by atoms with Gasteiger partial charge in [0.25, 0.3) is 0 Å². The van der Waals surface area contributed by atoms with E-state index in [0.29, 0.717) is 4.88 Å². The minimum absolute atomic E-state index is 0.175. The van der Waals surface area contributed by atoms with Crippen molar-refractivity contribution in [1.29, 1.82) is 0 Å². The molecular formula is C11H4Br2ClF3S. The van der Waals surface area contributed by atoms with Crippen LogP contribution in [-0.4, -0.2) is 0 Å². The summed E-state index contributed by atoms with van der Waals surface area (Å²) in [6, 6.07) is 3.54. The van der Waals surface area contributed by atoms with Gasteiger partial charge < -0.3 is 0 Å². The zero-order valence-electron chi connectivity index (χ0n) is 8.49. The van der Waals surface area contributed by atoms with Gasteiger partial charge >= 0.3 is 0 Å². The molecule has 0 radical (unpaired) electrons. The molecule has 18 heavy (non-hydrogen) atoms. The number of hydrogen-bond donors (Lipinski definition) is 0. The highest BCUT2D eigenvalue weighted by molar-refractivity contribution is 9.13. The van der Waals surface area contributed by atoms with Crippen LogP contribution in [0.1, 0.15) is 15.8 Å². The van der Waals surface area contributed by atoms with Crippen LogP contribution in [0.5, 0.6) is 0 Å². The quantitative estimate of drug-likeness (QED) is 0.412. The van der Waals surface area contributed by atoms with Gasteiger partial charge in [-0.2, -0.15) is 0 Å². The van der Waals surface area contributed by atoms with Gasteiger partial charge in [0.05, 0.1) is 9.16 Å². The fourth-order valence-corrected chi connectivity index (χ4v) is 3.79. The molecule has 96 valence electrons. The van der Waals surface area contributed by atoms with Crippen LogP contribution in [0.3, 0.4) is 0 Å². The van der Waals surface area contributed by atoms with E-state index in [1.54, 1.807) is 6.07 Å². The Balaban J connectivity index is 2.42. The van der Waals surface area contributed by atoms with Gasteiger partial charge in [0.1, 0.15) is 0 Å². The summed E-state index contributed by atoms with van der Waals surface area (Å²) in [4.78, 5) is 0.695. The molecule has 0 nitrogen and oxygen atoms in total. The first-order valence-corrected chi connectivity index (χ1v) is 7.47. The van der Waals surface area contributed by atoms with Crippen molar-refractivity contribution in [2.75, 3.05) is 0 Å². The minimum atomic E-state index is -1.49. The Labute approximate surface area is 127 Å². The van der Waals surface area contributed by atoms with Gasteiger partial charge in [-0.1, -0.05) is 0 Å². The molecule has 1 aromatic heterocycles. The van der Waals surface area contributed by atoms with Gasteiger partial charge in [0, 0.05) is 9.35 Å². The summed E-state index contributed by atoms with van der Waals surface area (Å²) in [5.74, 6) is -3.98. The summed E-state index contributed by atoms with van der Waals surface area (Å²) < 4.78 is 40.7. The number of rotatable bonds is 2. The maximum atomic E-state index is 13.1. The third-order valence-electron chi connectivity index (χ3n) is 2.21. The van der Waals surface area contributed by atoms with Crippen LogP contribution in [0.2, 0.25) is 0 Å². The van der Waals surface area contributed by atoms with E-state index < -0.39 is 22.8 Å². The van der Waals surface area contributed by atoms with Crippen LogP contribution < -0.4 is 0 Å². The third-order valence-corrected chi connectivity index (χ3v) is 6.15. The summed E-state index contributed by atoms with van der Waals surface area (Å²) in [6.45, 7) is 0. The predicted octanol–water partition coefficient (Wildman–Crippen LogP) is 6.02. The Morgan fingerprint density at radius 1 is 1.06 bits per heavy atom. The van der Waals surface area contributed by atoms with Crippen LogP contribution >= 0.6 is 54.8 Å². The number of alkyl halides is 1.